The van der Waals surface area contributed by atoms with Crippen molar-refractivity contribution in [2.24, 2.45) is 0 Å². The second-order valence-corrected chi connectivity index (χ2v) is 4.28. The second kappa shape index (κ2) is 4.94. The quantitative estimate of drug-likeness (QED) is 0.510. The molecule has 0 spiro atoms. The van der Waals surface area contributed by atoms with Gasteiger partial charge < -0.3 is 4.42 Å². The van der Waals surface area contributed by atoms with Crippen LogP contribution in [0.3, 0.4) is 0 Å². The van der Waals surface area contributed by atoms with Crippen molar-refractivity contribution in [1.29, 1.82) is 0 Å². The van der Waals surface area contributed by atoms with Crippen LogP contribution in [0.5, 0.6) is 0 Å². The van der Waals surface area contributed by atoms with E-state index in [0.29, 0.717) is 5.76 Å². The lowest BCUT2D eigenvalue weighted by Gasteiger charge is -1.98. The highest BCUT2D eigenvalue weighted by atomic mass is 16.3. The minimum atomic E-state index is -0.127. The molecule has 0 aliphatic carbocycles. The van der Waals surface area contributed by atoms with E-state index in [4.69, 9.17) is 4.42 Å². The molecule has 1 heterocycles. The van der Waals surface area contributed by atoms with Gasteiger partial charge in [0.1, 0.15) is 0 Å². The molecule has 0 saturated carbocycles. The lowest BCUT2D eigenvalue weighted by Crippen LogP contribution is -1.90. The van der Waals surface area contributed by atoms with Gasteiger partial charge >= 0.3 is 0 Å². The maximum absolute atomic E-state index is 11.8. The second-order valence-electron chi connectivity index (χ2n) is 4.28. The van der Waals surface area contributed by atoms with E-state index >= 15 is 0 Å². The molecule has 0 unspecified atom stereocenters. The van der Waals surface area contributed by atoms with Crippen LogP contribution in [0.2, 0.25) is 0 Å². The number of carbonyl (C=O) groups is 1. The fraction of sp³-hybridized carbons (Fsp3) is 0. The summed E-state index contributed by atoms with van der Waals surface area (Å²) in [6, 6.07) is 17.6. The molecule has 3 rings (SSSR count). The molecule has 0 amide bonds. The van der Waals surface area contributed by atoms with E-state index in [0.717, 1.165) is 10.9 Å². The van der Waals surface area contributed by atoms with Gasteiger partial charge in [0, 0.05) is 0 Å². The first-order valence-electron chi connectivity index (χ1n) is 6.08. The largest absolute Gasteiger partial charge is 0.461 e. The molecule has 0 aliphatic heterocycles. The number of ketones is 1. The van der Waals surface area contributed by atoms with Gasteiger partial charge in [0.05, 0.1) is 6.26 Å². The first-order valence-corrected chi connectivity index (χ1v) is 6.08. The minimum Gasteiger partial charge on any atom is -0.461 e. The van der Waals surface area contributed by atoms with Gasteiger partial charge in [0.2, 0.25) is 5.78 Å². The van der Waals surface area contributed by atoms with Gasteiger partial charge in [-0.3, -0.25) is 4.79 Å². The number of rotatable bonds is 3. The van der Waals surface area contributed by atoms with Gasteiger partial charge in [-0.05, 0) is 40.6 Å². The van der Waals surface area contributed by atoms with Crippen LogP contribution in [0.25, 0.3) is 16.8 Å². The van der Waals surface area contributed by atoms with Crippen molar-refractivity contribution in [1.82, 2.24) is 0 Å². The average molecular weight is 248 g/mol. The topological polar surface area (TPSA) is 30.2 Å². The smallest absolute Gasteiger partial charge is 0.221 e. The standard InChI is InChI=1S/C17H12O2/c18-16(17-6-3-11-19-17)10-8-13-7-9-14-4-1-2-5-15(14)12-13/h1-12H. The Balaban J connectivity index is 1.87. The maximum atomic E-state index is 11.8. The predicted molar refractivity (Wildman–Crippen MR) is 76.0 cm³/mol. The number of hydrogen-bond acceptors (Lipinski definition) is 2. The summed E-state index contributed by atoms with van der Waals surface area (Å²) in [5.74, 6) is 0.232. The van der Waals surface area contributed by atoms with Crippen molar-refractivity contribution in [3.05, 3.63) is 78.3 Å². The lowest BCUT2D eigenvalue weighted by atomic mass is 10.1. The van der Waals surface area contributed by atoms with Crippen LogP contribution >= 0.6 is 0 Å². The van der Waals surface area contributed by atoms with Crippen molar-refractivity contribution in [2.45, 2.75) is 0 Å². The summed E-state index contributed by atoms with van der Waals surface area (Å²) in [6.45, 7) is 0. The van der Waals surface area contributed by atoms with Gasteiger partial charge in [-0.2, -0.15) is 0 Å². The molecule has 2 nitrogen and oxygen atoms in total. The zero-order valence-corrected chi connectivity index (χ0v) is 10.2. The molecule has 0 fully saturated rings. The molecule has 2 aromatic carbocycles. The Hall–Kier alpha value is -2.61. The van der Waals surface area contributed by atoms with Crippen molar-refractivity contribution in [3.8, 4) is 0 Å². The summed E-state index contributed by atoms with van der Waals surface area (Å²) < 4.78 is 5.05. The van der Waals surface area contributed by atoms with Crippen LogP contribution in [0.1, 0.15) is 16.1 Å². The highest BCUT2D eigenvalue weighted by Crippen LogP contribution is 2.16. The van der Waals surface area contributed by atoms with Crippen LogP contribution in [-0.2, 0) is 0 Å². The molecule has 0 N–H and O–H groups in total. The number of allylic oxidation sites excluding steroid dienone is 1. The Morgan fingerprint density at radius 1 is 0.947 bits per heavy atom. The highest BCUT2D eigenvalue weighted by Gasteiger charge is 2.03. The SMILES string of the molecule is O=C(C=Cc1ccc2ccccc2c1)c1ccco1. The molecular weight excluding hydrogens is 236 g/mol. The maximum Gasteiger partial charge on any atom is 0.221 e. The molecule has 0 aliphatic rings. The van der Waals surface area contributed by atoms with Gasteiger partial charge in [-0.15, -0.1) is 0 Å². The Morgan fingerprint density at radius 3 is 2.58 bits per heavy atom. The van der Waals surface area contributed by atoms with E-state index in [9.17, 15) is 4.79 Å². The first kappa shape index (κ1) is 11.5. The zero-order valence-electron chi connectivity index (χ0n) is 10.2. The number of fused-ring (bicyclic) bond motifs is 1. The third kappa shape index (κ3) is 2.47. The molecule has 0 saturated heterocycles. The highest BCUT2D eigenvalue weighted by molar-refractivity contribution is 6.05. The first-order chi connectivity index (χ1) is 9.33. The number of carbonyl (C=O) groups excluding carboxylic acids is 1. The number of benzene rings is 2. The van der Waals surface area contributed by atoms with Crippen LogP contribution < -0.4 is 0 Å². The van der Waals surface area contributed by atoms with Crippen molar-refractivity contribution in [3.63, 3.8) is 0 Å². The molecule has 92 valence electrons. The monoisotopic (exact) mass is 248 g/mol. The number of furan rings is 1. The molecule has 0 atom stereocenters. The van der Waals surface area contributed by atoms with Crippen LogP contribution in [0.15, 0.2) is 71.4 Å². The average Bonchev–Trinajstić information content (AvgIpc) is 2.99. The summed E-state index contributed by atoms with van der Waals surface area (Å²) in [4.78, 5) is 11.8. The van der Waals surface area contributed by atoms with Crippen LogP contribution in [-0.4, -0.2) is 5.78 Å². The Kier molecular flexibility index (Phi) is 2.99. The van der Waals surface area contributed by atoms with E-state index in [1.165, 1.54) is 17.7 Å². The predicted octanol–water partition coefficient (Wildman–Crippen LogP) is 4.33. The van der Waals surface area contributed by atoms with Gasteiger partial charge in [-0.1, -0.05) is 42.5 Å². The molecular formula is C17H12O2. The Bertz CT molecular complexity index is 737. The third-order valence-corrected chi connectivity index (χ3v) is 2.96. The molecule has 0 radical (unpaired) electrons. The van der Waals surface area contributed by atoms with Crippen molar-refractivity contribution >= 4 is 22.6 Å². The molecule has 19 heavy (non-hydrogen) atoms. The molecule has 3 aromatic rings. The van der Waals surface area contributed by atoms with Crippen molar-refractivity contribution in [2.75, 3.05) is 0 Å². The van der Waals surface area contributed by atoms with E-state index in [2.05, 4.69) is 18.2 Å². The fourth-order valence-electron chi connectivity index (χ4n) is 1.98. The van der Waals surface area contributed by atoms with Gasteiger partial charge in [0.25, 0.3) is 0 Å². The Labute approximate surface area is 111 Å². The number of hydrogen-bond donors (Lipinski definition) is 0. The third-order valence-electron chi connectivity index (χ3n) is 2.96. The van der Waals surface area contributed by atoms with Crippen LogP contribution in [0, 0.1) is 0 Å². The normalized spacial score (nSPS) is 11.2. The summed E-state index contributed by atoms with van der Waals surface area (Å²) in [6.07, 6.45) is 4.83. The summed E-state index contributed by atoms with van der Waals surface area (Å²) in [5.41, 5.74) is 0.999. The van der Waals surface area contributed by atoms with E-state index in [1.807, 2.05) is 24.3 Å². The summed E-state index contributed by atoms with van der Waals surface area (Å²) in [5, 5.41) is 2.35. The van der Waals surface area contributed by atoms with E-state index in [1.54, 1.807) is 18.2 Å². The molecule has 0 bridgehead atoms. The fourth-order valence-corrected chi connectivity index (χ4v) is 1.98. The molecule has 1 aromatic heterocycles. The summed E-state index contributed by atoms with van der Waals surface area (Å²) >= 11 is 0. The Morgan fingerprint density at radius 2 is 1.79 bits per heavy atom. The van der Waals surface area contributed by atoms with Crippen LogP contribution in [0.4, 0.5) is 0 Å². The van der Waals surface area contributed by atoms with Gasteiger partial charge in [0.15, 0.2) is 5.76 Å². The summed E-state index contributed by atoms with van der Waals surface area (Å²) in [7, 11) is 0. The van der Waals surface area contributed by atoms with E-state index < -0.39 is 0 Å². The lowest BCUT2D eigenvalue weighted by molar-refractivity contribution is 0.102. The van der Waals surface area contributed by atoms with Crippen molar-refractivity contribution < 1.29 is 9.21 Å². The van der Waals surface area contributed by atoms with E-state index in [-0.39, 0.29) is 5.78 Å². The van der Waals surface area contributed by atoms with Gasteiger partial charge in [-0.25, -0.2) is 0 Å². The zero-order chi connectivity index (χ0) is 13.1. The minimum absolute atomic E-state index is 0.127. The molecule has 2 heteroatoms.